The van der Waals surface area contributed by atoms with Gasteiger partial charge in [-0.2, -0.15) is 0 Å². The molecule has 0 spiro atoms. The predicted molar refractivity (Wildman–Crippen MR) is 131 cm³/mol. The fraction of sp³-hybridized carbons (Fsp3) is 0.464. The smallest absolute Gasteiger partial charge is 0.407 e. The Morgan fingerprint density at radius 1 is 1.06 bits per heavy atom. The molecule has 0 heterocycles. The van der Waals surface area contributed by atoms with Crippen molar-refractivity contribution in [3.63, 3.8) is 0 Å². The molecule has 0 aromatic heterocycles. The summed E-state index contributed by atoms with van der Waals surface area (Å²) in [6.45, 7) is 2.22. The van der Waals surface area contributed by atoms with Gasteiger partial charge in [-0.15, -0.1) is 0 Å². The quantitative estimate of drug-likeness (QED) is 0.496. The van der Waals surface area contributed by atoms with E-state index in [1.165, 1.54) is 0 Å². The number of unbranched alkanes of at least 4 members (excludes halogenated alkanes) is 1. The van der Waals surface area contributed by atoms with Crippen molar-refractivity contribution < 1.29 is 24.2 Å². The summed E-state index contributed by atoms with van der Waals surface area (Å²) in [6.07, 6.45) is 3.42. The average Bonchev–Trinajstić information content (AvgIpc) is 3.28. The molecule has 2 aromatic carbocycles. The van der Waals surface area contributed by atoms with Crippen molar-refractivity contribution in [2.45, 2.75) is 63.5 Å². The van der Waals surface area contributed by atoms with E-state index in [-0.39, 0.29) is 30.4 Å². The van der Waals surface area contributed by atoms with Gasteiger partial charge >= 0.3 is 12.1 Å². The summed E-state index contributed by atoms with van der Waals surface area (Å²) in [7, 11) is 0. The third kappa shape index (κ3) is 4.40. The van der Waals surface area contributed by atoms with Crippen LogP contribution >= 0.6 is 0 Å². The van der Waals surface area contributed by atoms with Gasteiger partial charge in [-0.3, -0.25) is 9.59 Å². The van der Waals surface area contributed by atoms with Crippen LogP contribution in [0.1, 0.15) is 62.5 Å². The molecule has 2 amide bonds. The first-order chi connectivity index (χ1) is 16.9. The van der Waals surface area contributed by atoms with E-state index in [4.69, 9.17) is 4.74 Å². The van der Waals surface area contributed by atoms with Gasteiger partial charge in [0.25, 0.3) is 0 Å². The number of aliphatic carboxylic acids is 1. The number of carboxylic acids is 1. The fourth-order valence-corrected chi connectivity index (χ4v) is 6.03. The summed E-state index contributed by atoms with van der Waals surface area (Å²) in [5.74, 6) is -0.930. The van der Waals surface area contributed by atoms with Crippen LogP contribution < -0.4 is 10.6 Å². The zero-order valence-corrected chi connectivity index (χ0v) is 20.0. The molecule has 2 aromatic rings. The maximum Gasteiger partial charge on any atom is 0.407 e. The van der Waals surface area contributed by atoms with Crippen LogP contribution in [0.15, 0.2) is 48.5 Å². The third-order valence-corrected chi connectivity index (χ3v) is 7.98. The van der Waals surface area contributed by atoms with Crippen LogP contribution in [0.4, 0.5) is 4.79 Å². The van der Waals surface area contributed by atoms with E-state index in [9.17, 15) is 19.5 Å². The topological polar surface area (TPSA) is 105 Å². The van der Waals surface area contributed by atoms with Crippen molar-refractivity contribution in [2.24, 2.45) is 11.3 Å². The van der Waals surface area contributed by atoms with E-state index >= 15 is 0 Å². The molecule has 3 N–H and O–H groups in total. The molecule has 4 unspecified atom stereocenters. The number of carboxylic acid groups (broad SMARTS) is 1. The summed E-state index contributed by atoms with van der Waals surface area (Å²) in [5, 5.41) is 15.2. The van der Waals surface area contributed by atoms with Gasteiger partial charge in [0, 0.05) is 12.0 Å². The number of hydrogen-bond donors (Lipinski definition) is 3. The molecule has 0 radical (unpaired) electrons. The first-order valence-corrected chi connectivity index (χ1v) is 12.6. The SMILES string of the molecule is CCCCC(NC(=O)OCC1c2ccccc2-c2ccccc21)C(=O)NC1CC2CC2(C(=O)O)C1. The van der Waals surface area contributed by atoms with E-state index in [0.717, 1.165) is 35.1 Å². The Kier molecular flexibility index (Phi) is 6.26. The Balaban J connectivity index is 1.19. The number of fused-ring (bicyclic) bond motifs is 4. The first kappa shape index (κ1) is 23.4. The van der Waals surface area contributed by atoms with Gasteiger partial charge in [-0.05, 0) is 53.9 Å². The van der Waals surface area contributed by atoms with Crippen molar-refractivity contribution in [2.75, 3.05) is 6.61 Å². The van der Waals surface area contributed by atoms with Gasteiger partial charge in [-0.1, -0.05) is 68.3 Å². The van der Waals surface area contributed by atoms with Crippen LogP contribution in [0.5, 0.6) is 0 Å². The van der Waals surface area contributed by atoms with Gasteiger partial charge in [-0.25, -0.2) is 4.79 Å². The highest BCUT2D eigenvalue weighted by Gasteiger charge is 2.65. The summed E-state index contributed by atoms with van der Waals surface area (Å²) >= 11 is 0. The molecular formula is C28H32N2O5. The van der Waals surface area contributed by atoms with Gasteiger partial charge < -0.3 is 20.5 Å². The number of nitrogens with one attached hydrogen (secondary N) is 2. The molecule has 2 saturated carbocycles. The fourth-order valence-electron chi connectivity index (χ4n) is 6.03. The molecule has 3 aliphatic carbocycles. The summed E-state index contributed by atoms with van der Waals surface area (Å²) < 4.78 is 5.63. The molecule has 7 heteroatoms. The minimum absolute atomic E-state index is 0.0477. The lowest BCUT2D eigenvalue weighted by molar-refractivity contribution is -0.143. The van der Waals surface area contributed by atoms with Crippen LogP contribution in [-0.2, 0) is 14.3 Å². The zero-order chi connectivity index (χ0) is 24.6. The van der Waals surface area contributed by atoms with Crippen molar-refractivity contribution >= 4 is 18.0 Å². The molecule has 5 rings (SSSR count). The van der Waals surface area contributed by atoms with E-state index in [2.05, 4.69) is 34.9 Å². The minimum Gasteiger partial charge on any atom is -0.481 e. The second-order valence-corrected chi connectivity index (χ2v) is 10.2. The number of alkyl carbamates (subject to hydrolysis) is 1. The van der Waals surface area contributed by atoms with Crippen molar-refractivity contribution in [3.05, 3.63) is 59.7 Å². The zero-order valence-electron chi connectivity index (χ0n) is 20.0. The number of amides is 2. The maximum atomic E-state index is 13.0. The number of hydrogen-bond acceptors (Lipinski definition) is 4. The Labute approximate surface area is 205 Å². The Bertz CT molecular complexity index is 1100. The van der Waals surface area contributed by atoms with E-state index in [1.54, 1.807) is 0 Å². The van der Waals surface area contributed by atoms with Crippen LogP contribution in [-0.4, -0.2) is 41.8 Å². The molecule has 0 saturated heterocycles. The minimum atomic E-state index is -0.765. The lowest BCUT2D eigenvalue weighted by Crippen LogP contribution is -2.49. The van der Waals surface area contributed by atoms with Crippen LogP contribution in [0.25, 0.3) is 11.1 Å². The van der Waals surface area contributed by atoms with Crippen LogP contribution in [0.3, 0.4) is 0 Å². The monoisotopic (exact) mass is 476 g/mol. The van der Waals surface area contributed by atoms with Gasteiger partial charge in [0.05, 0.1) is 5.41 Å². The van der Waals surface area contributed by atoms with E-state index in [0.29, 0.717) is 25.7 Å². The first-order valence-electron chi connectivity index (χ1n) is 12.6. The average molecular weight is 477 g/mol. The standard InChI is InChI=1S/C28H32N2O5/c1-2-3-12-24(25(31)29-18-13-17-14-28(17,15-18)26(32)33)30-27(34)35-16-23-21-10-6-4-8-19(21)20-9-5-7-11-22(20)23/h4-11,17-18,23-24H,2-3,12-16H2,1H3,(H,29,31)(H,30,34)(H,32,33). The predicted octanol–water partition coefficient (Wildman–Crippen LogP) is 4.45. The lowest BCUT2D eigenvalue weighted by Gasteiger charge is -2.22. The second-order valence-electron chi connectivity index (χ2n) is 10.2. The summed E-state index contributed by atoms with van der Waals surface area (Å²) in [6, 6.07) is 15.4. The number of carbonyl (C=O) groups is 3. The molecule has 7 nitrogen and oxygen atoms in total. The highest BCUT2D eigenvalue weighted by Crippen LogP contribution is 2.63. The molecule has 0 bridgehead atoms. The number of benzene rings is 2. The lowest BCUT2D eigenvalue weighted by atomic mass is 9.98. The normalized spacial score (nSPS) is 24.6. The Morgan fingerprint density at radius 3 is 2.31 bits per heavy atom. The summed E-state index contributed by atoms with van der Waals surface area (Å²) in [4.78, 5) is 37.3. The Hall–Kier alpha value is -3.35. The summed E-state index contributed by atoms with van der Waals surface area (Å²) in [5.41, 5.74) is 3.93. The molecule has 0 aliphatic heterocycles. The molecule has 35 heavy (non-hydrogen) atoms. The molecule has 184 valence electrons. The maximum absolute atomic E-state index is 13.0. The second kappa shape index (κ2) is 9.36. The number of rotatable bonds is 9. The van der Waals surface area contributed by atoms with Crippen LogP contribution in [0, 0.1) is 11.3 Å². The van der Waals surface area contributed by atoms with Gasteiger partial charge in [0.15, 0.2) is 0 Å². The number of carbonyl (C=O) groups excluding carboxylic acids is 2. The molecule has 3 aliphatic rings. The van der Waals surface area contributed by atoms with E-state index < -0.39 is 23.5 Å². The molecule has 2 fully saturated rings. The molecular weight excluding hydrogens is 444 g/mol. The van der Waals surface area contributed by atoms with Crippen molar-refractivity contribution in [1.29, 1.82) is 0 Å². The van der Waals surface area contributed by atoms with Crippen molar-refractivity contribution in [1.82, 2.24) is 10.6 Å². The Morgan fingerprint density at radius 2 is 1.71 bits per heavy atom. The van der Waals surface area contributed by atoms with Gasteiger partial charge in [0.1, 0.15) is 12.6 Å². The molecule has 4 atom stereocenters. The highest BCUT2D eigenvalue weighted by atomic mass is 16.5. The van der Waals surface area contributed by atoms with Gasteiger partial charge in [0.2, 0.25) is 5.91 Å². The van der Waals surface area contributed by atoms with E-state index in [1.807, 2.05) is 31.2 Å². The highest BCUT2D eigenvalue weighted by molar-refractivity contribution is 5.86. The largest absolute Gasteiger partial charge is 0.481 e. The van der Waals surface area contributed by atoms with Crippen LogP contribution in [0.2, 0.25) is 0 Å². The number of ether oxygens (including phenoxy) is 1. The third-order valence-electron chi connectivity index (χ3n) is 7.98. The van der Waals surface area contributed by atoms with Crippen molar-refractivity contribution in [3.8, 4) is 11.1 Å².